The Morgan fingerprint density at radius 3 is 2.18 bits per heavy atom. The first-order chi connectivity index (χ1) is 22.1. The maximum atomic E-state index is 6.85. The van der Waals surface area contributed by atoms with Crippen LogP contribution in [0.2, 0.25) is 0 Å². The maximum Gasteiger partial charge on any atom is 0.180 e. The normalized spacial score (nSPS) is 13.7. The van der Waals surface area contributed by atoms with Crippen LogP contribution in [-0.4, -0.2) is 15.0 Å². The summed E-state index contributed by atoms with van der Waals surface area (Å²) in [6.45, 7) is 4.63. The third-order valence-electron chi connectivity index (χ3n) is 9.09. The van der Waals surface area contributed by atoms with Crippen LogP contribution in [0.1, 0.15) is 25.0 Å². The second-order valence-electron chi connectivity index (χ2n) is 12.1. The fourth-order valence-corrected chi connectivity index (χ4v) is 7.09. The van der Waals surface area contributed by atoms with Gasteiger partial charge in [-0.25, -0.2) is 9.97 Å². The van der Waals surface area contributed by atoms with Crippen LogP contribution in [0.25, 0.3) is 55.5 Å². The highest BCUT2D eigenvalue weighted by molar-refractivity contribution is 6.25. The lowest BCUT2D eigenvalue weighted by atomic mass is 9.71. The molecule has 0 aliphatic carbocycles. The molecular weight excluding hydrogens is 552 g/mol. The molecule has 0 amide bonds. The van der Waals surface area contributed by atoms with Crippen LogP contribution in [0.15, 0.2) is 138 Å². The molecule has 0 N–H and O–H groups in total. The Bertz CT molecular complexity index is 2350. The molecular formula is C40H28N4O. The second kappa shape index (κ2) is 9.60. The number of aromatic nitrogens is 3. The minimum absolute atomic E-state index is 0.325. The van der Waals surface area contributed by atoms with Gasteiger partial charge in [0.25, 0.3) is 0 Å². The number of nitrogens with zero attached hydrogens (tertiary/aromatic N) is 4. The lowest BCUT2D eigenvalue weighted by molar-refractivity contribution is 0.628. The quantitative estimate of drug-likeness (QED) is 0.208. The number of benzene rings is 5. The van der Waals surface area contributed by atoms with Crippen LogP contribution < -0.4 is 4.90 Å². The van der Waals surface area contributed by atoms with E-state index >= 15 is 0 Å². The van der Waals surface area contributed by atoms with Crippen molar-refractivity contribution >= 4 is 49.9 Å². The summed E-state index contributed by atoms with van der Waals surface area (Å²) in [6, 6.07) is 43.9. The first kappa shape index (κ1) is 25.7. The second-order valence-corrected chi connectivity index (χ2v) is 12.1. The van der Waals surface area contributed by atoms with E-state index in [0.29, 0.717) is 5.82 Å². The van der Waals surface area contributed by atoms with Crippen molar-refractivity contribution < 1.29 is 4.42 Å². The number of rotatable bonds is 3. The predicted molar refractivity (Wildman–Crippen MR) is 182 cm³/mol. The highest BCUT2D eigenvalue weighted by atomic mass is 16.3. The van der Waals surface area contributed by atoms with Gasteiger partial charge in [0.2, 0.25) is 0 Å². The lowest BCUT2D eigenvalue weighted by Gasteiger charge is -2.42. The van der Waals surface area contributed by atoms with Crippen LogP contribution >= 0.6 is 0 Å². The van der Waals surface area contributed by atoms with Crippen molar-refractivity contribution in [2.24, 2.45) is 0 Å². The van der Waals surface area contributed by atoms with Gasteiger partial charge in [0, 0.05) is 34.0 Å². The van der Waals surface area contributed by atoms with Crippen LogP contribution in [0.3, 0.4) is 0 Å². The zero-order valence-electron chi connectivity index (χ0n) is 24.9. The van der Waals surface area contributed by atoms with Gasteiger partial charge >= 0.3 is 0 Å². The van der Waals surface area contributed by atoms with Gasteiger partial charge in [-0.3, -0.25) is 9.88 Å². The summed E-state index contributed by atoms with van der Waals surface area (Å²) < 4.78 is 6.85. The van der Waals surface area contributed by atoms with Gasteiger partial charge in [-0.1, -0.05) is 111 Å². The molecule has 0 spiro atoms. The molecule has 5 heteroatoms. The first-order valence-electron chi connectivity index (χ1n) is 15.2. The maximum absolute atomic E-state index is 6.85. The fraction of sp³-hybridized carbons (Fsp3) is 0.0750. The summed E-state index contributed by atoms with van der Waals surface area (Å²) in [7, 11) is 0. The average molecular weight is 581 g/mol. The zero-order chi connectivity index (χ0) is 30.1. The lowest BCUT2D eigenvalue weighted by Crippen LogP contribution is -2.31. The fourth-order valence-electron chi connectivity index (χ4n) is 7.09. The summed E-state index contributed by atoms with van der Waals surface area (Å²) in [5.74, 6) is 1.32. The topological polar surface area (TPSA) is 55.1 Å². The van der Waals surface area contributed by atoms with Crippen molar-refractivity contribution in [2.45, 2.75) is 19.3 Å². The number of pyridine rings is 1. The van der Waals surface area contributed by atoms with Crippen molar-refractivity contribution in [3.05, 3.63) is 145 Å². The third-order valence-corrected chi connectivity index (χ3v) is 9.09. The summed E-state index contributed by atoms with van der Waals surface area (Å²) in [5, 5.41) is 4.61. The van der Waals surface area contributed by atoms with E-state index in [4.69, 9.17) is 14.4 Å². The van der Waals surface area contributed by atoms with E-state index in [-0.39, 0.29) is 5.41 Å². The molecule has 5 nitrogen and oxygen atoms in total. The smallest absolute Gasteiger partial charge is 0.180 e. The molecule has 1 aliphatic heterocycles. The van der Waals surface area contributed by atoms with Crippen molar-refractivity contribution in [3.63, 3.8) is 0 Å². The molecule has 5 aromatic carbocycles. The molecule has 4 heterocycles. The summed E-state index contributed by atoms with van der Waals surface area (Å²) in [5.41, 5.74) is 8.45. The highest BCUT2D eigenvalue weighted by Crippen LogP contribution is 2.57. The molecule has 0 bridgehead atoms. The Hall–Kier alpha value is -5.81. The van der Waals surface area contributed by atoms with Gasteiger partial charge in [0.1, 0.15) is 17.1 Å². The molecule has 0 unspecified atom stereocenters. The van der Waals surface area contributed by atoms with Crippen molar-refractivity contribution in [2.75, 3.05) is 4.90 Å². The SMILES string of the molecule is CC1(C)c2ccccc2N(c2cc(-c3ccccc3)nc(-c3ccccn3)n2)c2c1c1ccccc1c1c2oc2ccccc21. The summed E-state index contributed by atoms with van der Waals surface area (Å²) in [6.07, 6.45) is 1.78. The number of para-hydroxylation sites is 2. The Morgan fingerprint density at radius 2 is 1.36 bits per heavy atom. The van der Waals surface area contributed by atoms with Crippen LogP contribution in [0, 0.1) is 0 Å². The van der Waals surface area contributed by atoms with Gasteiger partial charge < -0.3 is 4.42 Å². The molecule has 0 saturated carbocycles. The standard InChI is InChI=1S/C40H28N4O/c1-40(2)29-19-9-10-21-32(29)44(34-24-31(25-14-4-3-5-15-25)42-39(43-34)30-20-12-13-23-41-30)37-36(40)27-17-7-6-16-26(27)35-28-18-8-11-22-33(28)45-38(35)37/h3-24H,1-2H3. The molecule has 0 atom stereocenters. The minimum atomic E-state index is -0.325. The van der Waals surface area contributed by atoms with E-state index in [1.807, 2.05) is 42.5 Å². The molecule has 45 heavy (non-hydrogen) atoms. The predicted octanol–water partition coefficient (Wildman–Crippen LogP) is 10.4. The largest absolute Gasteiger partial charge is 0.454 e. The Kier molecular flexibility index (Phi) is 5.47. The highest BCUT2D eigenvalue weighted by Gasteiger charge is 2.41. The van der Waals surface area contributed by atoms with Gasteiger partial charge in [0.15, 0.2) is 11.4 Å². The molecule has 0 saturated heterocycles. The zero-order valence-corrected chi connectivity index (χ0v) is 24.9. The molecule has 0 radical (unpaired) electrons. The van der Waals surface area contributed by atoms with Crippen molar-refractivity contribution in [1.82, 2.24) is 15.0 Å². The van der Waals surface area contributed by atoms with E-state index < -0.39 is 0 Å². The molecule has 214 valence electrons. The Balaban J connectivity index is 1.45. The Labute approximate surface area is 260 Å². The third kappa shape index (κ3) is 3.77. The number of furan rings is 1. The first-order valence-corrected chi connectivity index (χ1v) is 15.2. The van der Waals surface area contributed by atoms with Crippen molar-refractivity contribution in [3.8, 4) is 22.8 Å². The van der Waals surface area contributed by atoms with E-state index in [1.165, 1.54) is 21.9 Å². The van der Waals surface area contributed by atoms with E-state index in [1.54, 1.807) is 6.20 Å². The van der Waals surface area contributed by atoms with Crippen molar-refractivity contribution in [1.29, 1.82) is 0 Å². The molecule has 8 aromatic rings. The van der Waals surface area contributed by atoms with Crippen LogP contribution in [0.4, 0.5) is 17.2 Å². The summed E-state index contributed by atoms with van der Waals surface area (Å²) >= 11 is 0. The van der Waals surface area contributed by atoms with Gasteiger partial charge in [-0.15, -0.1) is 0 Å². The minimum Gasteiger partial charge on any atom is -0.454 e. The van der Waals surface area contributed by atoms with Gasteiger partial charge in [-0.2, -0.15) is 0 Å². The number of hydrogen-bond acceptors (Lipinski definition) is 5. The van der Waals surface area contributed by atoms with Gasteiger partial charge in [0.05, 0.1) is 17.1 Å². The van der Waals surface area contributed by atoms with E-state index in [2.05, 4.69) is 109 Å². The number of fused-ring (bicyclic) bond motifs is 9. The molecule has 0 fully saturated rings. The average Bonchev–Trinajstić information content (AvgIpc) is 3.49. The van der Waals surface area contributed by atoms with Crippen LogP contribution in [-0.2, 0) is 5.41 Å². The van der Waals surface area contributed by atoms with E-state index in [0.717, 1.165) is 56.1 Å². The molecule has 9 rings (SSSR count). The van der Waals surface area contributed by atoms with Crippen LogP contribution in [0.5, 0.6) is 0 Å². The Morgan fingerprint density at radius 1 is 0.644 bits per heavy atom. The van der Waals surface area contributed by atoms with E-state index in [9.17, 15) is 0 Å². The molecule has 1 aliphatic rings. The monoisotopic (exact) mass is 580 g/mol. The number of hydrogen-bond donors (Lipinski definition) is 0. The summed E-state index contributed by atoms with van der Waals surface area (Å²) in [4.78, 5) is 17.2. The van der Waals surface area contributed by atoms with Gasteiger partial charge in [-0.05, 0) is 46.2 Å². The molecule has 3 aromatic heterocycles. The number of anilines is 3.